The second-order valence-electron chi connectivity index (χ2n) is 23.9. The fourth-order valence-electron chi connectivity index (χ4n) is 10.9. The molecule has 3 saturated carbocycles. The van der Waals surface area contributed by atoms with Crippen molar-refractivity contribution in [2.75, 3.05) is 0 Å². The summed E-state index contributed by atoms with van der Waals surface area (Å²) in [5, 5.41) is 33.9. The summed E-state index contributed by atoms with van der Waals surface area (Å²) in [6, 6.07) is 21.4. The van der Waals surface area contributed by atoms with Crippen molar-refractivity contribution in [3.8, 4) is 34.4 Å². The predicted molar refractivity (Wildman–Crippen MR) is 293 cm³/mol. The summed E-state index contributed by atoms with van der Waals surface area (Å²) in [6.07, 6.45) is 16.9. The Balaban J connectivity index is 0.000000252. The van der Waals surface area contributed by atoms with E-state index in [0.717, 1.165) is 113 Å². The fourth-order valence-corrected chi connectivity index (χ4v) is 10.9. The molecule has 7 rings (SSSR count). The minimum Gasteiger partial charge on any atom is -0.623 e. The van der Waals surface area contributed by atoms with Crippen molar-refractivity contribution < 1.29 is 19.2 Å². The molecule has 0 aromatic rings. The Kier molecular flexibility index (Phi) is 19.2. The number of aryl methyl sites for hydroxylation is 2. The lowest BCUT2D eigenvalue weighted by atomic mass is 9.67. The molecule has 1 atom stereocenters. The summed E-state index contributed by atoms with van der Waals surface area (Å²) >= 11 is 0. The molecule has 0 aromatic carbocycles. The van der Waals surface area contributed by atoms with Crippen LogP contribution in [0.25, 0.3) is 27.1 Å². The Labute approximate surface area is 434 Å². The first-order valence-electron chi connectivity index (χ1n) is 27.0. The van der Waals surface area contributed by atoms with E-state index in [1.165, 1.54) is 30.4 Å². The number of rotatable bonds is 10. The summed E-state index contributed by atoms with van der Waals surface area (Å²) in [6.45, 7) is 36.2. The SMILES string of the molecule is CC(=O)c1cc(/C=[N+](\[O-])C(C)(C)C)c2cc(C(C)C)ccc(C)c1-2.N#CC1CCCCC1.[C-]#[N+]C1(ON(C(c2cc(C(C)=O)c3c(C)ccc(C(C)C)cc2-3)C2(C#N)CCCCC2)C(C)(C)C)CCCCC1. The van der Waals surface area contributed by atoms with Crippen molar-refractivity contribution in [1.82, 2.24) is 5.06 Å². The van der Waals surface area contributed by atoms with Crippen molar-refractivity contribution in [2.45, 2.75) is 228 Å². The summed E-state index contributed by atoms with van der Waals surface area (Å²) in [7, 11) is 0. The molecular weight excluding hydrogens is 891 g/mol. The van der Waals surface area contributed by atoms with Gasteiger partial charge in [-0.05, 0) is 161 Å². The average Bonchev–Trinajstić information content (AvgIpc) is 3.77. The van der Waals surface area contributed by atoms with Crippen LogP contribution in [0.1, 0.15) is 251 Å². The third-order valence-electron chi connectivity index (χ3n) is 15.3. The smallest absolute Gasteiger partial charge is 0.352 e. The van der Waals surface area contributed by atoms with Crippen molar-refractivity contribution >= 4 is 17.8 Å². The Hall–Kier alpha value is -5.40. The van der Waals surface area contributed by atoms with Crippen molar-refractivity contribution in [3.05, 3.63) is 110 Å². The van der Waals surface area contributed by atoms with Gasteiger partial charge in [0.15, 0.2) is 23.3 Å². The van der Waals surface area contributed by atoms with Gasteiger partial charge in [0.05, 0.1) is 36.4 Å². The molecule has 0 radical (unpaired) electrons. The summed E-state index contributed by atoms with van der Waals surface area (Å²) < 4.78 is 0.961. The lowest BCUT2D eigenvalue weighted by Gasteiger charge is -2.49. The van der Waals surface area contributed by atoms with E-state index in [0.29, 0.717) is 41.7 Å². The number of carbonyl (C=O) groups excluding carboxylic acids is 2. The van der Waals surface area contributed by atoms with E-state index in [9.17, 15) is 20.1 Å². The van der Waals surface area contributed by atoms with E-state index < -0.39 is 28.3 Å². The molecule has 9 heteroatoms. The van der Waals surface area contributed by atoms with Gasteiger partial charge in [-0.1, -0.05) is 109 Å². The van der Waals surface area contributed by atoms with Crippen LogP contribution in [0, 0.1) is 59.6 Å². The monoisotopic (exact) mass is 976 g/mol. The molecule has 9 nitrogen and oxygen atoms in total. The van der Waals surface area contributed by atoms with Gasteiger partial charge in [0.25, 0.3) is 0 Å². The molecule has 386 valence electrons. The maximum absolute atomic E-state index is 13.1. The minimum atomic E-state index is -0.926. The summed E-state index contributed by atoms with van der Waals surface area (Å²) in [5.74, 6) is 1.11. The van der Waals surface area contributed by atoms with Crippen LogP contribution in [0.4, 0.5) is 0 Å². The highest BCUT2D eigenvalue weighted by molar-refractivity contribution is 6.08. The highest BCUT2D eigenvalue weighted by Gasteiger charge is 2.53. The van der Waals surface area contributed by atoms with Gasteiger partial charge in [0, 0.05) is 48.9 Å². The molecule has 0 aromatic heterocycles. The molecule has 7 aliphatic rings. The van der Waals surface area contributed by atoms with Gasteiger partial charge >= 0.3 is 5.72 Å². The molecule has 0 aliphatic heterocycles. The van der Waals surface area contributed by atoms with Crippen molar-refractivity contribution in [1.29, 1.82) is 10.5 Å². The van der Waals surface area contributed by atoms with Gasteiger partial charge in [0.2, 0.25) is 0 Å². The first-order valence-corrected chi connectivity index (χ1v) is 27.0. The highest BCUT2D eigenvalue weighted by atomic mass is 16.7. The summed E-state index contributed by atoms with van der Waals surface area (Å²) in [5.41, 5.74) is 8.94. The largest absolute Gasteiger partial charge is 0.623 e. The number of carbonyl (C=O) groups is 2. The standard InChI is InChI=1S/C35H47N3O2.C21H27NO2.C7H11N/c1-24(2)27-16-15-25(3)31-28(26(4)39)22-30(29(31)21-27)32(34(23-36)17-11-9-12-18-34)38(33(5,6)7)40-35(37-8)19-13-10-14-20-35;1-13(2)16-9-8-14(3)20-18(15(4)23)11-17(19(20)10-16)12-22(24)21(5,6)7;8-6-7-4-2-1-3-5-7/h15-16,21-22,24,32H,9-14,17-20H2,1-7H3;8-13H,1-7H3;7H,1-5H2/b;22-12-;. The van der Waals surface area contributed by atoms with Crippen LogP contribution in [-0.4, -0.2) is 44.4 Å². The lowest BCUT2D eigenvalue weighted by Crippen LogP contribution is -2.54. The molecule has 0 N–H and O–H groups in total. The van der Waals surface area contributed by atoms with Crippen LogP contribution in [0.5, 0.6) is 0 Å². The Bertz CT molecular complexity index is 2620. The molecule has 0 heterocycles. The zero-order chi connectivity index (χ0) is 53.3. The lowest BCUT2D eigenvalue weighted by molar-refractivity contribution is -0.530. The van der Waals surface area contributed by atoms with Gasteiger partial charge in [-0.2, -0.15) is 15.6 Å². The third-order valence-corrected chi connectivity index (χ3v) is 15.3. The Morgan fingerprint density at radius 2 is 1.22 bits per heavy atom. The number of nitrogens with zero attached hydrogens (tertiary/aromatic N) is 5. The molecule has 0 spiro atoms. The van der Waals surface area contributed by atoms with Crippen LogP contribution in [0.3, 0.4) is 0 Å². The second-order valence-corrected chi connectivity index (χ2v) is 23.9. The van der Waals surface area contributed by atoms with E-state index >= 15 is 0 Å². The number of nitriles is 2. The number of hydrogen-bond acceptors (Lipinski definition) is 7. The van der Waals surface area contributed by atoms with Crippen LogP contribution < -0.4 is 0 Å². The van der Waals surface area contributed by atoms with Crippen LogP contribution in [0.15, 0.2) is 48.5 Å². The first kappa shape index (κ1) is 57.5. The number of hydroxylamine groups is 3. The van der Waals surface area contributed by atoms with Gasteiger partial charge < -0.3 is 5.21 Å². The molecule has 0 saturated heterocycles. The van der Waals surface area contributed by atoms with E-state index in [4.69, 9.17) is 16.7 Å². The van der Waals surface area contributed by atoms with E-state index in [2.05, 4.69) is 115 Å². The van der Waals surface area contributed by atoms with E-state index in [-0.39, 0.29) is 11.6 Å². The Morgan fingerprint density at radius 3 is 1.65 bits per heavy atom. The van der Waals surface area contributed by atoms with E-state index in [1.807, 2.05) is 38.8 Å². The van der Waals surface area contributed by atoms with Gasteiger partial charge in [-0.15, -0.1) is 0 Å². The van der Waals surface area contributed by atoms with Gasteiger partial charge in [-0.3, -0.25) is 14.4 Å². The normalized spacial score (nSPS) is 17.8. The van der Waals surface area contributed by atoms with Crippen LogP contribution in [-0.2, 0) is 4.84 Å². The maximum Gasteiger partial charge on any atom is 0.352 e. The number of fused-ring (bicyclic) bond motifs is 2. The fraction of sp³-hybridized carbons (Fsp3) is 0.587. The number of ketones is 2. The van der Waals surface area contributed by atoms with E-state index in [1.54, 1.807) is 20.1 Å². The Morgan fingerprint density at radius 1 is 0.750 bits per heavy atom. The van der Waals surface area contributed by atoms with Crippen molar-refractivity contribution in [3.63, 3.8) is 0 Å². The average molecular weight is 976 g/mol. The molecule has 7 aliphatic carbocycles. The topological polar surface area (TPSA) is 125 Å². The summed E-state index contributed by atoms with van der Waals surface area (Å²) in [4.78, 5) is 36.3. The molecular formula is C63H85N5O4. The molecule has 3 fully saturated rings. The van der Waals surface area contributed by atoms with Gasteiger partial charge in [-0.25, -0.2) is 16.1 Å². The van der Waals surface area contributed by atoms with Gasteiger partial charge in [0.1, 0.15) is 0 Å². The first-order chi connectivity index (χ1) is 33.8. The number of Topliss-reactive ketones (excluding diaryl/α,β-unsaturated/α-hetero) is 2. The molecule has 1 unspecified atom stereocenters. The zero-order valence-corrected chi connectivity index (χ0v) is 46.5. The minimum absolute atomic E-state index is 0.0215. The van der Waals surface area contributed by atoms with Crippen LogP contribution >= 0.6 is 0 Å². The predicted octanol–water partition coefficient (Wildman–Crippen LogP) is 16.8. The molecule has 0 amide bonds. The maximum atomic E-state index is 13.1. The molecule has 72 heavy (non-hydrogen) atoms. The van der Waals surface area contributed by atoms with Crippen LogP contribution in [0.2, 0.25) is 0 Å². The zero-order valence-electron chi connectivity index (χ0n) is 46.5. The highest BCUT2D eigenvalue weighted by Crippen LogP contribution is 2.55. The third kappa shape index (κ3) is 13.4. The molecule has 0 bridgehead atoms. The quantitative estimate of drug-likeness (QED) is 0.0387. The van der Waals surface area contributed by atoms with Crippen molar-refractivity contribution in [2.24, 2.45) is 11.3 Å². The number of hydrogen-bond donors (Lipinski definition) is 0. The second kappa shape index (κ2) is 24.1.